The van der Waals surface area contributed by atoms with E-state index in [0.717, 1.165) is 51.4 Å². The van der Waals surface area contributed by atoms with Gasteiger partial charge in [0, 0.05) is 5.71 Å². The number of unbranched alkanes of at least 4 members (excludes halogenated alkanes) is 1. The van der Waals surface area contributed by atoms with Crippen molar-refractivity contribution in [3.05, 3.63) is 59.7 Å². The number of rotatable bonds is 7. The fourth-order valence-corrected chi connectivity index (χ4v) is 6.41. The largest absolute Gasteiger partial charge is 0.296 e. The third-order valence-electron chi connectivity index (χ3n) is 8.21. The number of hydrogen-bond donors (Lipinski definition) is 0. The van der Waals surface area contributed by atoms with Gasteiger partial charge in [-0.05, 0) is 73.1 Å². The second kappa shape index (κ2) is 9.33. The van der Waals surface area contributed by atoms with Gasteiger partial charge in [-0.1, -0.05) is 87.6 Å². The van der Waals surface area contributed by atoms with Gasteiger partial charge >= 0.3 is 0 Å². The van der Waals surface area contributed by atoms with Crippen LogP contribution in [0.4, 0.5) is 0 Å². The summed E-state index contributed by atoms with van der Waals surface area (Å²) in [6.45, 7) is 2.22. The first-order valence-electron chi connectivity index (χ1n) is 13.0. The van der Waals surface area contributed by atoms with Crippen LogP contribution in [0.15, 0.2) is 53.5 Å². The fourth-order valence-electron chi connectivity index (χ4n) is 6.41. The fraction of sp³-hybridized carbons (Fsp3) is 0.533. The summed E-state index contributed by atoms with van der Waals surface area (Å²) in [5.41, 5.74) is 6.30. The Bertz CT molecular complexity index is 974. The molecule has 2 aromatic rings. The first-order valence-corrected chi connectivity index (χ1v) is 13.0. The van der Waals surface area contributed by atoms with Gasteiger partial charge in [0.2, 0.25) is 0 Å². The summed E-state index contributed by atoms with van der Waals surface area (Å²) in [4.78, 5) is 18.6. The van der Waals surface area contributed by atoms with E-state index < -0.39 is 0 Å². The van der Waals surface area contributed by atoms with E-state index in [1.165, 1.54) is 53.6 Å². The van der Waals surface area contributed by atoms with Crippen LogP contribution in [0.3, 0.4) is 0 Å². The third kappa shape index (κ3) is 4.09. The van der Waals surface area contributed by atoms with E-state index in [-0.39, 0.29) is 11.5 Å². The number of nitrogens with zero attached hydrogens (tertiary/aromatic N) is 1. The van der Waals surface area contributed by atoms with Crippen molar-refractivity contribution in [2.45, 2.75) is 95.4 Å². The van der Waals surface area contributed by atoms with E-state index in [1.54, 1.807) is 0 Å². The molecule has 1 unspecified atom stereocenters. The molecule has 0 aromatic heterocycles. The molecule has 0 radical (unpaired) electrons. The Morgan fingerprint density at radius 2 is 1.66 bits per heavy atom. The first kappa shape index (κ1) is 21.6. The molecule has 0 amide bonds. The van der Waals surface area contributed by atoms with Gasteiger partial charge in [0.1, 0.15) is 5.54 Å². The molecule has 5 rings (SSSR count). The van der Waals surface area contributed by atoms with E-state index in [1.807, 2.05) is 0 Å². The van der Waals surface area contributed by atoms with Crippen molar-refractivity contribution >= 4 is 11.5 Å². The van der Waals surface area contributed by atoms with E-state index in [9.17, 15) is 4.79 Å². The van der Waals surface area contributed by atoms with Crippen LogP contribution in [0, 0.1) is 5.92 Å². The quantitative estimate of drug-likeness (QED) is 0.445. The highest BCUT2D eigenvalue weighted by Crippen LogP contribution is 2.43. The topological polar surface area (TPSA) is 29.4 Å². The highest BCUT2D eigenvalue weighted by atomic mass is 16.1. The van der Waals surface area contributed by atoms with Crippen molar-refractivity contribution in [3.8, 4) is 11.1 Å². The number of hydrogen-bond acceptors (Lipinski definition) is 2. The van der Waals surface area contributed by atoms with Crippen LogP contribution in [0.2, 0.25) is 0 Å². The van der Waals surface area contributed by atoms with Crippen molar-refractivity contribution < 1.29 is 4.79 Å². The summed E-state index contributed by atoms with van der Waals surface area (Å²) in [6, 6.07) is 18.0. The summed E-state index contributed by atoms with van der Waals surface area (Å²) in [5, 5.41) is 0. The molecule has 2 nitrogen and oxygen atoms in total. The van der Waals surface area contributed by atoms with Crippen molar-refractivity contribution in [2.24, 2.45) is 10.9 Å². The highest BCUT2D eigenvalue weighted by molar-refractivity contribution is 6.14. The van der Waals surface area contributed by atoms with Gasteiger partial charge in [0.05, 0.1) is 5.92 Å². The molecular formula is C30H37NO. The molecule has 2 aromatic carbocycles. The van der Waals surface area contributed by atoms with Crippen molar-refractivity contribution in [1.29, 1.82) is 0 Å². The third-order valence-corrected chi connectivity index (χ3v) is 8.21. The van der Waals surface area contributed by atoms with E-state index >= 15 is 0 Å². The van der Waals surface area contributed by atoms with Crippen LogP contribution in [-0.2, 0) is 11.2 Å². The van der Waals surface area contributed by atoms with Gasteiger partial charge in [0.25, 0.3) is 0 Å². The average molecular weight is 428 g/mol. The van der Waals surface area contributed by atoms with Gasteiger partial charge in [-0.3, -0.25) is 9.79 Å². The van der Waals surface area contributed by atoms with Gasteiger partial charge in [-0.15, -0.1) is 0 Å². The smallest absolute Gasteiger partial charge is 0.169 e. The summed E-state index contributed by atoms with van der Waals surface area (Å²) >= 11 is 0. The minimum atomic E-state index is -0.367. The summed E-state index contributed by atoms with van der Waals surface area (Å²) < 4.78 is 0. The number of Topliss-reactive ketones (excluding diaryl/α,β-unsaturated/α-hetero) is 1. The molecule has 0 N–H and O–H groups in total. The second-order valence-corrected chi connectivity index (χ2v) is 10.3. The molecule has 3 aliphatic rings. The molecule has 2 heteroatoms. The number of ketones is 1. The lowest BCUT2D eigenvalue weighted by Gasteiger charge is -2.19. The van der Waals surface area contributed by atoms with Crippen LogP contribution in [0.1, 0.15) is 94.6 Å². The van der Waals surface area contributed by atoms with Crippen LogP contribution in [0.5, 0.6) is 0 Å². The Morgan fingerprint density at radius 3 is 2.38 bits per heavy atom. The zero-order valence-electron chi connectivity index (χ0n) is 19.6. The van der Waals surface area contributed by atoms with E-state index in [0.29, 0.717) is 11.7 Å². The molecule has 0 bridgehead atoms. The van der Waals surface area contributed by atoms with E-state index in [4.69, 9.17) is 4.99 Å². The predicted octanol–water partition coefficient (Wildman–Crippen LogP) is 7.70. The normalized spacial score (nSPS) is 22.7. The predicted molar refractivity (Wildman–Crippen MR) is 133 cm³/mol. The second-order valence-electron chi connectivity index (χ2n) is 10.3. The molecule has 0 saturated heterocycles. The Labute approximate surface area is 193 Å². The lowest BCUT2D eigenvalue weighted by molar-refractivity contribution is -0.124. The lowest BCUT2D eigenvalue weighted by atomic mass is 9.82. The van der Waals surface area contributed by atoms with Crippen molar-refractivity contribution in [2.75, 3.05) is 0 Å². The molecule has 32 heavy (non-hydrogen) atoms. The maximum atomic E-state index is 13.5. The molecule has 1 atom stereocenters. The van der Waals surface area contributed by atoms with Crippen LogP contribution in [-0.4, -0.2) is 17.0 Å². The minimum Gasteiger partial charge on any atom is -0.296 e. The summed E-state index contributed by atoms with van der Waals surface area (Å²) in [6.07, 6.45) is 13.7. The lowest BCUT2D eigenvalue weighted by Crippen LogP contribution is -2.34. The number of aliphatic imine (C=N–C) groups is 1. The molecule has 2 saturated carbocycles. The zero-order chi connectivity index (χ0) is 22.0. The Balaban J connectivity index is 1.36. The van der Waals surface area contributed by atoms with Gasteiger partial charge in [-0.2, -0.15) is 0 Å². The van der Waals surface area contributed by atoms with Crippen molar-refractivity contribution in [3.63, 3.8) is 0 Å². The molecule has 1 spiro atoms. The molecular weight excluding hydrogens is 390 g/mol. The van der Waals surface area contributed by atoms with E-state index in [2.05, 4.69) is 55.5 Å². The Kier molecular flexibility index (Phi) is 6.31. The van der Waals surface area contributed by atoms with Gasteiger partial charge in [0.15, 0.2) is 5.78 Å². The molecule has 2 aliphatic carbocycles. The minimum absolute atomic E-state index is 0.00345. The highest BCUT2D eigenvalue weighted by Gasteiger charge is 2.49. The van der Waals surface area contributed by atoms with Gasteiger partial charge in [-0.25, -0.2) is 0 Å². The number of carbonyl (C=O) groups is 1. The first-order chi connectivity index (χ1) is 15.7. The Morgan fingerprint density at radius 1 is 0.938 bits per heavy atom. The van der Waals surface area contributed by atoms with Gasteiger partial charge < -0.3 is 0 Å². The zero-order valence-corrected chi connectivity index (χ0v) is 19.6. The molecule has 168 valence electrons. The number of carbonyl (C=O) groups excluding carboxylic acids is 1. The molecule has 1 aliphatic heterocycles. The Hall–Kier alpha value is -2.22. The summed E-state index contributed by atoms with van der Waals surface area (Å²) in [5.74, 6) is 1.12. The molecule has 1 heterocycles. The standard InChI is InChI=1S/C30H37NO/c1-2-3-14-28-27(29(32)30(31-28)19-8-9-20-30)21-22-15-17-24(18-16-22)26-13-7-6-12-25(26)23-10-4-5-11-23/h6-7,12-13,15-18,23,27H,2-5,8-11,14,19-21H2,1H3. The summed E-state index contributed by atoms with van der Waals surface area (Å²) in [7, 11) is 0. The monoisotopic (exact) mass is 427 g/mol. The van der Waals surface area contributed by atoms with Crippen molar-refractivity contribution in [1.82, 2.24) is 0 Å². The van der Waals surface area contributed by atoms with Crippen LogP contribution in [0.25, 0.3) is 11.1 Å². The maximum absolute atomic E-state index is 13.5. The van der Waals surface area contributed by atoms with Crippen LogP contribution < -0.4 is 0 Å². The molecule has 2 fully saturated rings. The average Bonchev–Trinajstić information content (AvgIpc) is 3.58. The van der Waals surface area contributed by atoms with Crippen LogP contribution >= 0.6 is 0 Å². The maximum Gasteiger partial charge on any atom is 0.169 e. The number of benzene rings is 2. The SMILES string of the molecule is CCCCC1=NC2(CCCC2)C(=O)C1Cc1ccc(-c2ccccc2C2CCCC2)cc1.